The van der Waals surface area contributed by atoms with E-state index in [4.69, 9.17) is 23.5 Å². The van der Waals surface area contributed by atoms with E-state index in [1.807, 2.05) is 78.9 Å². The van der Waals surface area contributed by atoms with E-state index in [0.717, 1.165) is 21.0 Å². The summed E-state index contributed by atoms with van der Waals surface area (Å²) in [5.74, 6) is 1.29. The molecule has 1 fully saturated rings. The Morgan fingerprint density at radius 1 is 0.878 bits per heavy atom. The van der Waals surface area contributed by atoms with E-state index in [9.17, 15) is 19.0 Å². The lowest BCUT2D eigenvalue weighted by Gasteiger charge is -2.39. The fourth-order valence-corrected chi connectivity index (χ4v) is 6.94. The number of H-pyrrole nitrogens is 1. The maximum atomic E-state index is 13.2. The molecular weight excluding hydrogens is 649 g/mol. The van der Waals surface area contributed by atoms with Gasteiger partial charge < -0.3 is 23.8 Å². The molecule has 254 valence electrons. The molecule has 2 aromatic heterocycles. The fraction of sp³-hybridized carbons (Fsp3) is 0.250. The minimum absolute atomic E-state index is 0.113. The Balaban J connectivity index is 1.48. The summed E-state index contributed by atoms with van der Waals surface area (Å²) in [7, 11) is -1.42. The summed E-state index contributed by atoms with van der Waals surface area (Å²) in [4.78, 5) is 40.7. The molecular formula is C36H36N3O9P. The number of ether oxygens (including phenoxy) is 4. The third kappa shape index (κ3) is 7.01. The van der Waals surface area contributed by atoms with Crippen LogP contribution < -0.4 is 30.0 Å². The third-order valence-corrected chi connectivity index (χ3v) is 9.83. The van der Waals surface area contributed by atoms with Crippen molar-refractivity contribution in [2.24, 2.45) is 0 Å². The van der Waals surface area contributed by atoms with Gasteiger partial charge in [0, 0.05) is 30.3 Å². The van der Waals surface area contributed by atoms with Gasteiger partial charge in [-0.05, 0) is 47.9 Å². The van der Waals surface area contributed by atoms with Gasteiger partial charge in [-0.15, -0.1) is 0 Å². The van der Waals surface area contributed by atoms with Crippen LogP contribution in [0.15, 0.2) is 125 Å². The molecule has 12 nitrogen and oxygen atoms in total. The van der Waals surface area contributed by atoms with Gasteiger partial charge in [-0.3, -0.25) is 18.9 Å². The molecule has 5 aromatic rings. The van der Waals surface area contributed by atoms with Gasteiger partial charge in [-0.25, -0.2) is 9.36 Å². The predicted molar refractivity (Wildman–Crippen MR) is 177 cm³/mol. The lowest BCUT2D eigenvalue weighted by Crippen LogP contribution is -2.42. The van der Waals surface area contributed by atoms with Crippen LogP contribution in [-0.2, 0) is 24.2 Å². The van der Waals surface area contributed by atoms with Crippen LogP contribution in [0.5, 0.6) is 11.5 Å². The van der Waals surface area contributed by atoms with Crippen molar-refractivity contribution >= 4 is 7.75 Å². The van der Waals surface area contributed by atoms with Crippen molar-refractivity contribution in [3.63, 3.8) is 0 Å². The van der Waals surface area contributed by atoms with Crippen molar-refractivity contribution in [3.05, 3.63) is 159 Å². The molecule has 0 aliphatic carbocycles. The first-order chi connectivity index (χ1) is 23.6. The number of aryl methyl sites for hydroxylation is 1. The summed E-state index contributed by atoms with van der Waals surface area (Å²) in [6.07, 6.45) is 1.54. The van der Waals surface area contributed by atoms with Crippen molar-refractivity contribution in [1.82, 2.24) is 9.55 Å². The molecule has 0 radical (unpaired) electrons. The Kier molecular flexibility index (Phi) is 9.96. The number of nitrogens with one attached hydrogen (secondary N) is 1. The molecule has 49 heavy (non-hydrogen) atoms. The number of hydrogen-bond acceptors (Lipinski definition) is 9. The second kappa shape index (κ2) is 14.3. The first-order valence-corrected chi connectivity index (χ1v) is 17.1. The molecule has 0 spiro atoms. The highest BCUT2D eigenvalue weighted by atomic mass is 31.2. The number of aromatic amines is 1. The largest absolute Gasteiger partial charge is 0.722 e. The minimum Gasteiger partial charge on any atom is -0.722 e. The summed E-state index contributed by atoms with van der Waals surface area (Å²) >= 11 is 0. The monoisotopic (exact) mass is 685 g/mol. The molecule has 6 rings (SSSR count). The zero-order valence-electron chi connectivity index (χ0n) is 27.1. The van der Waals surface area contributed by atoms with E-state index in [1.165, 1.54) is 23.2 Å². The number of rotatable bonds is 12. The molecule has 1 unspecified atom stereocenters. The average Bonchev–Trinajstić information content (AvgIpc) is 3.54. The molecule has 0 bridgehead atoms. The topological polar surface area (TPSA) is 145 Å². The predicted octanol–water partition coefficient (Wildman–Crippen LogP) is 3.85. The molecule has 3 heterocycles. The van der Waals surface area contributed by atoms with Crippen LogP contribution in [0.4, 0.5) is 0 Å². The van der Waals surface area contributed by atoms with Crippen LogP contribution in [0, 0.1) is 6.92 Å². The van der Waals surface area contributed by atoms with Gasteiger partial charge in [-0.2, -0.15) is 4.34 Å². The summed E-state index contributed by atoms with van der Waals surface area (Å²) in [6, 6.07) is 29.4. The molecule has 1 N–H and O–H groups in total. The Morgan fingerprint density at radius 2 is 1.43 bits per heavy atom. The van der Waals surface area contributed by atoms with Crippen LogP contribution in [0.3, 0.4) is 0 Å². The van der Waals surface area contributed by atoms with E-state index in [-0.39, 0.29) is 6.42 Å². The molecule has 3 aromatic carbocycles. The quantitative estimate of drug-likeness (QED) is 0.153. The van der Waals surface area contributed by atoms with Crippen molar-refractivity contribution in [2.45, 2.75) is 37.4 Å². The van der Waals surface area contributed by atoms with Crippen molar-refractivity contribution in [1.29, 1.82) is 0 Å². The molecule has 4 atom stereocenters. The van der Waals surface area contributed by atoms with E-state index >= 15 is 0 Å². The molecule has 13 heteroatoms. The smallest absolute Gasteiger partial charge is 0.407 e. The zero-order chi connectivity index (χ0) is 34.6. The molecule has 0 amide bonds. The van der Waals surface area contributed by atoms with Gasteiger partial charge >= 0.3 is 13.4 Å². The highest BCUT2D eigenvalue weighted by Crippen LogP contribution is 2.46. The van der Waals surface area contributed by atoms with Gasteiger partial charge in [0.05, 0.1) is 26.9 Å². The minimum atomic E-state index is -4.60. The SMILES string of the molecule is COc1ccc(C(O[C@H]2C[C@H](n3cc(C)c(=O)[nH]c3=O)O[C@@H]2COP(=O)([O-])[n+]2ccccc2)(c2ccccc2)c2ccc(OC)cc2)cc1. The highest BCUT2D eigenvalue weighted by molar-refractivity contribution is 7.43. The van der Waals surface area contributed by atoms with E-state index in [1.54, 1.807) is 39.3 Å². The molecule has 1 aliphatic rings. The summed E-state index contributed by atoms with van der Waals surface area (Å²) in [5.41, 5.74) is 0.122. The third-order valence-electron chi connectivity index (χ3n) is 8.52. The van der Waals surface area contributed by atoms with Crippen molar-refractivity contribution in [3.8, 4) is 11.5 Å². The van der Waals surface area contributed by atoms with Gasteiger partial charge in [0.1, 0.15) is 29.4 Å². The standard InChI is InChI=1S/C36H36N3O9P/c1-25-23-39(35(41)37-34(25)40)33-22-31(32(47-33)24-46-49(42,43)38-20-8-5-9-21-38)48-36(26-10-6-4-7-11-26,27-12-16-29(44-2)17-13-27)28-14-18-30(45-3)19-15-28/h4-21,23,31-33H,22,24H2,1-3H3,(H-,37,40,41,42,43)/t31-,32+,33+/m0/s1. The summed E-state index contributed by atoms with van der Waals surface area (Å²) < 4.78 is 45.6. The van der Waals surface area contributed by atoms with Crippen LogP contribution in [-0.4, -0.2) is 42.6 Å². The zero-order valence-corrected chi connectivity index (χ0v) is 28.0. The van der Waals surface area contributed by atoms with Crippen molar-refractivity contribution in [2.75, 3.05) is 20.8 Å². The van der Waals surface area contributed by atoms with Crippen LogP contribution >= 0.6 is 7.75 Å². The number of hydrogen-bond donors (Lipinski definition) is 1. The van der Waals surface area contributed by atoms with Crippen LogP contribution in [0.1, 0.15) is 34.9 Å². The number of nitrogens with zero attached hydrogens (tertiary/aromatic N) is 2. The lowest BCUT2D eigenvalue weighted by molar-refractivity contribution is -0.573. The van der Waals surface area contributed by atoms with Gasteiger partial charge in [-0.1, -0.05) is 60.7 Å². The van der Waals surface area contributed by atoms with Gasteiger partial charge in [0.15, 0.2) is 12.4 Å². The van der Waals surface area contributed by atoms with Gasteiger partial charge in [0.2, 0.25) is 0 Å². The highest BCUT2D eigenvalue weighted by Gasteiger charge is 2.47. The van der Waals surface area contributed by atoms with Crippen LogP contribution in [0.25, 0.3) is 0 Å². The number of benzene rings is 3. The Hall–Kier alpha value is -4.84. The first kappa shape index (κ1) is 34.0. The maximum absolute atomic E-state index is 13.2. The second-order valence-electron chi connectivity index (χ2n) is 11.5. The molecule has 0 saturated carbocycles. The number of methoxy groups -OCH3 is 2. The average molecular weight is 686 g/mol. The van der Waals surface area contributed by atoms with Gasteiger partial charge in [0.25, 0.3) is 5.56 Å². The Labute approximate surface area is 282 Å². The normalized spacial score (nSPS) is 18.9. The summed E-state index contributed by atoms with van der Waals surface area (Å²) in [5, 5.41) is 0. The molecule has 1 aliphatic heterocycles. The van der Waals surface area contributed by atoms with Crippen molar-refractivity contribution < 1.29 is 37.3 Å². The van der Waals surface area contributed by atoms with E-state index in [2.05, 4.69) is 4.98 Å². The van der Waals surface area contributed by atoms with E-state index < -0.39 is 49.6 Å². The second-order valence-corrected chi connectivity index (χ2v) is 13.2. The fourth-order valence-electron chi connectivity index (χ4n) is 5.99. The Morgan fingerprint density at radius 3 is 2.00 bits per heavy atom. The maximum Gasteiger partial charge on any atom is 0.407 e. The molecule has 1 saturated heterocycles. The first-order valence-electron chi connectivity index (χ1n) is 15.6. The number of aromatic nitrogens is 3. The lowest BCUT2D eigenvalue weighted by atomic mass is 9.79. The number of pyridine rings is 1. The van der Waals surface area contributed by atoms with E-state index in [0.29, 0.717) is 17.1 Å². The Bertz CT molecular complexity index is 1990. The van der Waals surface area contributed by atoms with Crippen LogP contribution in [0.2, 0.25) is 0 Å². The summed E-state index contributed by atoms with van der Waals surface area (Å²) in [6.45, 7) is 1.16.